The molecule has 0 aliphatic heterocycles. The number of ether oxygens (including phenoxy) is 1. The topological polar surface area (TPSA) is 21.3 Å². The molecule has 0 aromatic heterocycles. The van der Waals surface area contributed by atoms with Crippen LogP contribution in [0.4, 0.5) is 18.9 Å². The first-order valence-corrected chi connectivity index (χ1v) is 9.51. The van der Waals surface area contributed by atoms with Crippen molar-refractivity contribution >= 4 is 65.1 Å². The van der Waals surface area contributed by atoms with Crippen molar-refractivity contribution in [3.8, 4) is 11.5 Å². The summed E-state index contributed by atoms with van der Waals surface area (Å²) in [6, 6.07) is 8.14. The second-order valence-corrected chi connectivity index (χ2v) is 8.80. The number of nitrogens with one attached hydrogen (secondary N) is 1. The van der Waals surface area contributed by atoms with Gasteiger partial charge in [0.05, 0.1) is 14.0 Å². The fraction of sp³-hybridized carbons (Fsp3) is 0.125. The van der Waals surface area contributed by atoms with E-state index in [1.54, 1.807) is 18.2 Å². The molecule has 2 rings (SSSR count). The minimum Gasteiger partial charge on any atom is -0.456 e. The molecule has 0 saturated carbocycles. The van der Waals surface area contributed by atoms with Crippen LogP contribution in [0.3, 0.4) is 0 Å². The van der Waals surface area contributed by atoms with E-state index in [-0.39, 0.29) is 10.8 Å². The Balaban J connectivity index is 2.13. The van der Waals surface area contributed by atoms with Crippen molar-refractivity contribution in [1.82, 2.24) is 0 Å². The molecule has 0 spiro atoms. The van der Waals surface area contributed by atoms with Gasteiger partial charge in [-0.1, -0.05) is 11.6 Å². The number of halogens is 7. The molecule has 2 aromatic carbocycles. The van der Waals surface area contributed by atoms with E-state index in [0.717, 1.165) is 25.7 Å². The van der Waals surface area contributed by atoms with E-state index >= 15 is 0 Å². The quantitative estimate of drug-likeness (QED) is 0.398. The van der Waals surface area contributed by atoms with Gasteiger partial charge in [0.2, 0.25) is 0 Å². The molecule has 2 nitrogen and oxygen atoms in total. The minimum atomic E-state index is -4.45. The Morgan fingerprint density at radius 1 is 1.16 bits per heavy atom. The number of rotatable bonds is 5. The van der Waals surface area contributed by atoms with Gasteiger partial charge in [-0.3, -0.25) is 0 Å². The molecule has 0 heterocycles. The van der Waals surface area contributed by atoms with E-state index in [0.29, 0.717) is 12.3 Å². The molecular weight excluding hydrogens is 554 g/mol. The molecule has 1 N–H and O–H groups in total. The average molecular weight is 564 g/mol. The Bertz CT molecular complexity index is 793. The smallest absolute Gasteiger partial charge is 0.416 e. The second kappa shape index (κ2) is 8.79. The molecule has 0 aliphatic carbocycles. The Morgan fingerprint density at radius 2 is 1.88 bits per heavy atom. The summed E-state index contributed by atoms with van der Waals surface area (Å²) in [4.78, 5) is 0. The number of benzene rings is 2. The number of alkyl halides is 3. The molecule has 0 bridgehead atoms. The van der Waals surface area contributed by atoms with Gasteiger partial charge in [0.25, 0.3) is 0 Å². The third-order valence-corrected chi connectivity index (χ3v) is 4.58. The zero-order valence-electron chi connectivity index (χ0n) is 12.3. The van der Waals surface area contributed by atoms with Crippen LogP contribution in [-0.2, 0) is 6.18 Å². The van der Waals surface area contributed by atoms with Gasteiger partial charge in [0, 0.05) is 16.7 Å². The summed E-state index contributed by atoms with van der Waals surface area (Å²) in [5, 5.41) is 3.07. The molecule has 0 aliphatic rings. The summed E-state index contributed by atoms with van der Waals surface area (Å²) >= 11 is 15.8. The van der Waals surface area contributed by atoms with Crippen LogP contribution >= 0.6 is 59.4 Å². The highest BCUT2D eigenvalue weighted by Crippen LogP contribution is 2.37. The normalized spacial score (nSPS) is 11.2. The number of hydrogen-bond acceptors (Lipinski definition) is 2. The molecule has 0 atom stereocenters. The van der Waals surface area contributed by atoms with Crippen molar-refractivity contribution in [2.75, 3.05) is 11.9 Å². The van der Waals surface area contributed by atoms with Crippen LogP contribution in [0.2, 0.25) is 5.02 Å². The summed E-state index contributed by atoms with van der Waals surface area (Å²) in [7, 11) is 0. The standard InChI is InChI=1S/C16H10Br3ClF3NO/c17-11-8-10(2-3-13(11)24-6-5-15(18)19)25-14-4-1-9(7-12(14)20)16(21,22)23/h1-5,7-8,24H,6H2. The van der Waals surface area contributed by atoms with E-state index < -0.39 is 11.7 Å². The van der Waals surface area contributed by atoms with Crippen molar-refractivity contribution in [2.45, 2.75) is 6.18 Å². The van der Waals surface area contributed by atoms with Crippen molar-refractivity contribution in [1.29, 1.82) is 0 Å². The van der Waals surface area contributed by atoms with Crippen LogP contribution in [0.15, 0.2) is 50.3 Å². The third kappa shape index (κ3) is 6.20. The molecule has 0 saturated heterocycles. The highest BCUT2D eigenvalue weighted by atomic mass is 79.9. The molecule has 0 radical (unpaired) electrons. The van der Waals surface area contributed by atoms with Crippen molar-refractivity contribution in [3.05, 3.63) is 60.9 Å². The van der Waals surface area contributed by atoms with Crippen LogP contribution in [-0.4, -0.2) is 6.54 Å². The first-order chi connectivity index (χ1) is 11.7. The maximum absolute atomic E-state index is 12.7. The van der Waals surface area contributed by atoms with E-state index in [4.69, 9.17) is 16.3 Å². The Labute approximate surface area is 172 Å². The van der Waals surface area contributed by atoms with E-state index in [9.17, 15) is 13.2 Å². The van der Waals surface area contributed by atoms with Gasteiger partial charge in [-0.15, -0.1) is 0 Å². The first kappa shape index (κ1) is 20.6. The van der Waals surface area contributed by atoms with Gasteiger partial charge in [0.15, 0.2) is 0 Å². The van der Waals surface area contributed by atoms with Gasteiger partial charge in [0.1, 0.15) is 11.5 Å². The van der Waals surface area contributed by atoms with E-state index in [2.05, 4.69) is 53.1 Å². The lowest BCUT2D eigenvalue weighted by Gasteiger charge is -2.12. The summed E-state index contributed by atoms with van der Waals surface area (Å²) in [5.74, 6) is 0.588. The third-order valence-electron chi connectivity index (χ3n) is 2.98. The van der Waals surface area contributed by atoms with Crippen LogP contribution < -0.4 is 10.1 Å². The maximum atomic E-state index is 12.7. The van der Waals surface area contributed by atoms with Gasteiger partial charge in [-0.25, -0.2) is 0 Å². The van der Waals surface area contributed by atoms with Crippen LogP contribution in [0.1, 0.15) is 5.56 Å². The number of hydrogen-bond donors (Lipinski definition) is 1. The van der Waals surface area contributed by atoms with Crippen LogP contribution in [0.25, 0.3) is 0 Å². The monoisotopic (exact) mass is 561 g/mol. The Hall–Kier alpha value is -0.700. The van der Waals surface area contributed by atoms with E-state index in [1.165, 1.54) is 6.07 Å². The largest absolute Gasteiger partial charge is 0.456 e. The lowest BCUT2D eigenvalue weighted by molar-refractivity contribution is -0.137. The van der Waals surface area contributed by atoms with Crippen molar-refractivity contribution < 1.29 is 17.9 Å². The molecule has 134 valence electrons. The molecule has 25 heavy (non-hydrogen) atoms. The summed E-state index contributed by atoms with van der Waals surface area (Å²) in [6.07, 6.45) is -2.56. The predicted molar refractivity (Wildman–Crippen MR) is 105 cm³/mol. The zero-order chi connectivity index (χ0) is 18.6. The molecule has 2 aromatic rings. The SMILES string of the molecule is FC(F)(F)c1ccc(Oc2ccc(NCC=C(Br)Br)c(Br)c2)c(Cl)c1. The van der Waals surface area contributed by atoms with Gasteiger partial charge in [-0.05, 0) is 90.3 Å². The fourth-order valence-electron chi connectivity index (χ4n) is 1.83. The Kier molecular flexibility index (Phi) is 7.25. The molecule has 0 amide bonds. The van der Waals surface area contributed by atoms with Crippen molar-refractivity contribution in [2.24, 2.45) is 0 Å². The van der Waals surface area contributed by atoms with Crippen LogP contribution in [0, 0.1) is 0 Å². The van der Waals surface area contributed by atoms with Gasteiger partial charge >= 0.3 is 6.18 Å². The molecular formula is C16H10Br3ClF3NO. The molecule has 0 fully saturated rings. The van der Waals surface area contributed by atoms with Crippen molar-refractivity contribution in [3.63, 3.8) is 0 Å². The fourth-order valence-corrected chi connectivity index (χ4v) is 2.87. The Morgan fingerprint density at radius 3 is 2.44 bits per heavy atom. The molecule has 0 unspecified atom stereocenters. The highest BCUT2D eigenvalue weighted by Gasteiger charge is 2.31. The lowest BCUT2D eigenvalue weighted by Crippen LogP contribution is -2.04. The van der Waals surface area contributed by atoms with E-state index in [1.807, 2.05) is 6.08 Å². The predicted octanol–water partition coefficient (Wildman–Crippen LogP) is 7.96. The minimum absolute atomic E-state index is 0.111. The van der Waals surface area contributed by atoms with Gasteiger partial charge in [-0.2, -0.15) is 13.2 Å². The average Bonchev–Trinajstić information content (AvgIpc) is 2.50. The second-order valence-electron chi connectivity index (χ2n) is 4.76. The maximum Gasteiger partial charge on any atom is 0.416 e. The van der Waals surface area contributed by atoms with Gasteiger partial charge < -0.3 is 10.1 Å². The highest BCUT2D eigenvalue weighted by molar-refractivity contribution is 9.28. The summed E-state index contributed by atoms with van der Waals surface area (Å²) in [6.45, 7) is 0.593. The zero-order valence-corrected chi connectivity index (χ0v) is 17.8. The summed E-state index contributed by atoms with van der Waals surface area (Å²) < 4.78 is 45.1. The first-order valence-electron chi connectivity index (χ1n) is 6.76. The molecule has 9 heteroatoms. The van der Waals surface area contributed by atoms with Crippen LogP contribution in [0.5, 0.6) is 11.5 Å². The summed E-state index contributed by atoms with van der Waals surface area (Å²) in [5.41, 5.74) is 0.0138. The lowest BCUT2D eigenvalue weighted by atomic mass is 10.2. The number of anilines is 1.